The first kappa shape index (κ1) is 17.1. The number of hydrogen-bond acceptors (Lipinski definition) is 9. The maximum absolute atomic E-state index is 6.15. The highest BCUT2D eigenvalue weighted by Crippen LogP contribution is 2.30. The van der Waals surface area contributed by atoms with E-state index in [1.54, 1.807) is 12.3 Å². The van der Waals surface area contributed by atoms with E-state index in [-0.39, 0.29) is 0 Å². The number of benzene rings is 1. The lowest BCUT2D eigenvalue weighted by molar-refractivity contribution is 0.518. The first-order chi connectivity index (χ1) is 12.8. The highest BCUT2D eigenvalue weighted by molar-refractivity contribution is 8.00. The van der Waals surface area contributed by atoms with Crippen molar-refractivity contribution >= 4 is 39.8 Å². The quantitative estimate of drug-likeness (QED) is 0.441. The zero-order chi connectivity index (χ0) is 17.8. The van der Waals surface area contributed by atoms with Crippen LogP contribution in [0, 0.1) is 0 Å². The standard InChI is InChI=1S/C16H12ClN5O2S2/c17-12-6-2-1-5-11(12)14-20-19-13(24-14)9-25-16-22-21-15(26-16)18-8-10-4-3-7-23-10/h1-7H,8-9H2,(H,18,21). The summed E-state index contributed by atoms with van der Waals surface area (Å²) in [5.41, 5.74) is 0.721. The van der Waals surface area contributed by atoms with Gasteiger partial charge in [-0.15, -0.1) is 20.4 Å². The Kier molecular flexibility index (Phi) is 5.19. The molecule has 0 unspecified atom stereocenters. The van der Waals surface area contributed by atoms with Crippen LogP contribution in [0.4, 0.5) is 5.13 Å². The molecule has 3 heterocycles. The summed E-state index contributed by atoms with van der Waals surface area (Å²) in [7, 11) is 0. The van der Waals surface area contributed by atoms with Crippen LogP contribution in [0.3, 0.4) is 0 Å². The van der Waals surface area contributed by atoms with Crippen molar-refractivity contribution in [1.82, 2.24) is 20.4 Å². The van der Waals surface area contributed by atoms with Gasteiger partial charge in [-0.1, -0.05) is 46.8 Å². The predicted molar refractivity (Wildman–Crippen MR) is 100 cm³/mol. The molecule has 10 heteroatoms. The van der Waals surface area contributed by atoms with E-state index in [9.17, 15) is 0 Å². The molecule has 0 aliphatic rings. The molecule has 7 nitrogen and oxygen atoms in total. The summed E-state index contributed by atoms with van der Waals surface area (Å²) in [4.78, 5) is 0. The Labute approximate surface area is 161 Å². The van der Waals surface area contributed by atoms with Crippen LogP contribution in [0.15, 0.2) is 55.8 Å². The van der Waals surface area contributed by atoms with Crippen LogP contribution in [0.5, 0.6) is 0 Å². The van der Waals surface area contributed by atoms with E-state index in [0.717, 1.165) is 20.8 Å². The minimum Gasteiger partial charge on any atom is -0.467 e. The van der Waals surface area contributed by atoms with Crippen molar-refractivity contribution in [3.63, 3.8) is 0 Å². The molecular formula is C16H12ClN5O2S2. The molecule has 0 saturated heterocycles. The van der Waals surface area contributed by atoms with Crippen LogP contribution in [-0.2, 0) is 12.3 Å². The zero-order valence-electron chi connectivity index (χ0n) is 13.3. The lowest BCUT2D eigenvalue weighted by Crippen LogP contribution is -1.96. The van der Waals surface area contributed by atoms with Crippen molar-refractivity contribution < 1.29 is 8.83 Å². The van der Waals surface area contributed by atoms with Crippen LogP contribution in [0.1, 0.15) is 11.7 Å². The van der Waals surface area contributed by atoms with Gasteiger partial charge in [-0.2, -0.15) is 0 Å². The number of hydrogen-bond donors (Lipinski definition) is 1. The second kappa shape index (κ2) is 7.90. The highest BCUT2D eigenvalue weighted by atomic mass is 35.5. The third kappa shape index (κ3) is 4.06. The summed E-state index contributed by atoms with van der Waals surface area (Å²) >= 11 is 9.09. The van der Waals surface area contributed by atoms with Crippen LogP contribution in [0.2, 0.25) is 5.02 Å². The molecule has 4 aromatic rings. The monoisotopic (exact) mass is 405 g/mol. The van der Waals surface area contributed by atoms with E-state index in [4.69, 9.17) is 20.4 Å². The molecule has 132 valence electrons. The number of aromatic nitrogens is 4. The van der Waals surface area contributed by atoms with Crippen molar-refractivity contribution in [2.75, 3.05) is 5.32 Å². The summed E-state index contributed by atoms with van der Waals surface area (Å²) < 4.78 is 11.8. The lowest BCUT2D eigenvalue weighted by Gasteiger charge is -1.97. The molecule has 1 aromatic carbocycles. The SMILES string of the molecule is Clc1ccccc1-c1nnc(CSc2nnc(NCc3ccco3)s2)o1. The number of halogens is 1. The summed E-state index contributed by atoms with van der Waals surface area (Å²) in [5, 5.41) is 20.8. The normalized spacial score (nSPS) is 11.0. The number of nitrogens with one attached hydrogen (secondary N) is 1. The number of furan rings is 1. The van der Waals surface area contributed by atoms with Gasteiger partial charge in [0.1, 0.15) is 5.76 Å². The second-order valence-corrected chi connectivity index (χ2v) is 7.68. The first-order valence-corrected chi connectivity index (χ1v) is 9.76. The van der Waals surface area contributed by atoms with Crippen LogP contribution >= 0.6 is 34.7 Å². The van der Waals surface area contributed by atoms with E-state index < -0.39 is 0 Å². The second-order valence-electron chi connectivity index (χ2n) is 5.08. The Balaban J connectivity index is 1.34. The number of anilines is 1. The number of rotatable bonds is 7. The summed E-state index contributed by atoms with van der Waals surface area (Å²) in [6.45, 7) is 0.567. The van der Waals surface area contributed by atoms with E-state index in [1.165, 1.54) is 23.1 Å². The van der Waals surface area contributed by atoms with Gasteiger partial charge in [0, 0.05) is 0 Å². The fourth-order valence-corrected chi connectivity index (χ4v) is 3.90. The van der Waals surface area contributed by atoms with Crippen LogP contribution < -0.4 is 5.32 Å². The topological polar surface area (TPSA) is 89.9 Å². The third-order valence-corrected chi connectivity index (χ3v) is 5.62. The first-order valence-electron chi connectivity index (χ1n) is 7.58. The van der Waals surface area contributed by atoms with Gasteiger partial charge in [-0.3, -0.25) is 0 Å². The van der Waals surface area contributed by atoms with Gasteiger partial charge < -0.3 is 14.2 Å². The predicted octanol–water partition coefficient (Wildman–Crippen LogP) is 4.74. The molecule has 4 rings (SSSR count). The maximum atomic E-state index is 6.15. The smallest absolute Gasteiger partial charge is 0.249 e. The molecule has 0 spiro atoms. The maximum Gasteiger partial charge on any atom is 0.249 e. The summed E-state index contributed by atoms with van der Waals surface area (Å²) in [6.07, 6.45) is 1.64. The van der Waals surface area contributed by atoms with E-state index in [2.05, 4.69) is 25.7 Å². The van der Waals surface area contributed by atoms with Gasteiger partial charge in [0.15, 0.2) is 4.34 Å². The molecule has 0 amide bonds. The van der Waals surface area contributed by atoms with Crippen molar-refractivity contribution in [1.29, 1.82) is 0 Å². The molecule has 0 fully saturated rings. The third-order valence-electron chi connectivity index (χ3n) is 3.29. The van der Waals surface area contributed by atoms with E-state index in [0.29, 0.717) is 29.1 Å². The van der Waals surface area contributed by atoms with Crippen LogP contribution in [-0.4, -0.2) is 20.4 Å². The van der Waals surface area contributed by atoms with Crippen molar-refractivity contribution in [2.24, 2.45) is 0 Å². The van der Waals surface area contributed by atoms with Crippen molar-refractivity contribution in [2.45, 2.75) is 16.6 Å². The minimum atomic E-state index is 0.407. The molecule has 1 N–H and O–H groups in total. The Hall–Kier alpha value is -2.36. The van der Waals surface area contributed by atoms with Crippen LogP contribution in [0.25, 0.3) is 11.5 Å². The molecule has 0 saturated carbocycles. The summed E-state index contributed by atoms with van der Waals surface area (Å²) in [5.74, 6) is 2.26. The highest BCUT2D eigenvalue weighted by Gasteiger charge is 2.13. The summed E-state index contributed by atoms with van der Waals surface area (Å²) in [6, 6.07) is 11.1. The van der Waals surface area contributed by atoms with Gasteiger partial charge in [0.05, 0.1) is 29.1 Å². The van der Waals surface area contributed by atoms with Gasteiger partial charge in [0.2, 0.25) is 16.9 Å². The molecule has 0 atom stereocenters. The molecular weight excluding hydrogens is 394 g/mol. The Morgan fingerprint density at radius 1 is 1.08 bits per heavy atom. The van der Waals surface area contributed by atoms with E-state index in [1.807, 2.05) is 30.3 Å². The molecule has 26 heavy (non-hydrogen) atoms. The van der Waals surface area contributed by atoms with Gasteiger partial charge in [-0.25, -0.2) is 0 Å². The lowest BCUT2D eigenvalue weighted by atomic mass is 10.2. The van der Waals surface area contributed by atoms with Gasteiger partial charge >= 0.3 is 0 Å². The Bertz CT molecular complexity index is 986. The number of thioether (sulfide) groups is 1. The average Bonchev–Trinajstić information content (AvgIpc) is 3.40. The Morgan fingerprint density at radius 3 is 2.85 bits per heavy atom. The molecule has 0 aliphatic heterocycles. The fraction of sp³-hybridized carbons (Fsp3) is 0.125. The molecule has 3 aromatic heterocycles. The Morgan fingerprint density at radius 2 is 2.00 bits per heavy atom. The van der Waals surface area contributed by atoms with Gasteiger partial charge in [0.25, 0.3) is 0 Å². The molecule has 0 bridgehead atoms. The van der Waals surface area contributed by atoms with Crippen molar-refractivity contribution in [3.8, 4) is 11.5 Å². The van der Waals surface area contributed by atoms with Crippen molar-refractivity contribution in [3.05, 3.63) is 59.3 Å². The minimum absolute atomic E-state index is 0.407. The fourth-order valence-electron chi connectivity index (χ4n) is 2.09. The number of nitrogens with zero attached hydrogens (tertiary/aromatic N) is 4. The largest absolute Gasteiger partial charge is 0.467 e. The zero-order valence-corrected chi connectivity index (χ0v) is 15.6. The molecule has 0 aliphatic carbocycles. The van der Waals surface area contributed by atoms with E-state index >= 15 is 0 Å². The van der Waals surface area contributed by atoms with Gasteiger partial charge in [-0.05, 0) is 24.3 Å². The molecule has 0 radical (unpaired) electrons. The average molecular weight is 406 g/mol.